The number of nitro groups is 1. The Labute approximate surface area is 378 Å². The second-order valence-electron chi connectivity index (χ2n) is 17.1. The van der Waals surface area contributed by atoms with Gasteiger partial charge in [-0.3, -0.25) is 49.1 Å². The van der Waals surface area contributed by atoms with Crippen molar-refractivity contribution in [3.05, 3.63) is 185 Å². The Morgan fingerprint density at radius 3 is 1.55 bits per heavy atom. The van der Waals surface area contributed by atoms with Crippen molar-refractivity contribution in [1.29, 1.82) is 0 Å². The zero-order valence-electron chi connectivity index (χ0n) is 36.2. The van der Waals surface area contributed by atoms with Crippen LogP contribution in [0.15, 0.2) is 158 Å². The number of carbonyl (C=O) groups excluding carboxylic acids is 2. The van der Waals surface area contributed by atoms with Crippen LogP contribution in [0.25, 0.3) is 27.7 Å². The smallest absolute Gasteiger partial charge is 0.270 e. The SMILES string of the molecule is O=C(CN1CCN(Cc2ccccc2)CC1)N1c2cccc3cccc(c23)N(C(=O)CN2CCN(Cc3ccccc3)CC2)C1c1cn(-c2ccccc2)nc1-c1cccc([N+](=O)[O-])c1. The zero-order chi connectivity index (χ0) is 44.3. The van der Waals surface area contributed by atoms with E-state index in [1.165, 1.54) is 23.3 Å². The van der Waals surface area contributed by atoms with Crippen LogP contribution < -0.4 is 9.80 Å². The van der Waals surface area contributed by atoms with Crippen molar-refractivity contribution < 1.29 is 14.5 Å². The van der Waals surface area contributed by atoms with Crippen LogP contribution in [-0.4, -0.2) is 112 Å². The number of aromatic nitrogens is 2. The quantitative estimate of drug-likeness (QED) is 0.0905. The summed E-state index contributed by atoms with van der Waals surface area (Å²) >= 11 is 0. The van der Waals surface area contributed by atoms with Crippen molar-refractivity contribution in [2.24, 2.45) is 0 Å². The fraction of sp³-hybridized carbons (Fsp3) is 0.250. The maximum atomic E-state index is 15.5. The first-order valence-electron chi connectivity index (χ1n) is 22.4. The van der Waals surface area contributed by atoms with Gasteiger partial charge in [0.25, 0.3) is 5.69 Å². The molecule has 0 atom stereocenters. The summed E-state index contributed by atoms with van der Waals surface area (Å²) in [6.07, 6.45) is 0.897. The molecule has 0 spiro atoms. The second kappa shape index (κ2) is 18.6. The van der Waals surface area contributed by atoms with Crippen LogP contribution in [0.5, 0.6) is 0 Å². The molecule has 7 aromatic rings. The normalized spacial score (nSPS) is 16.6. The Morgan fingerprint density at radius 2 is 1.05 bits per heavy atom. The highest BCUT2D eigenvalue weighted by atomic mass is 16.6. The molecular weight excluding hydrogens is 815 g/mol. The van der Waals surface area contributed by atoms with Crippen LogP contribution >= 0.6 is 0 Å². The molecule has 0 saturated carbocycles. The standard InChI is InChI=1S/C52H51N9O4/c62-48(37-56-29-25-54(26-30-56)34-39-13-4-1-5-14-39)59-46-23-11-17-41-18-12-24-47(50(41)46)60(49(63)38-57-31-27-55(28-32-57)35-40-15-6-2-7-16-40)52(59)45-36-58(43-20-8-3-9-21-43)53-51(45)42-19-10-22-44(33-42)61(64)65/h1-24,33,36,52H,25-32,34-35,37-38H2. The van der Waals surface area contributed by atoms with Crippen molar-refractivity contribution in [2.45, 2.75) is 19.3 Å². The van der Waals surface area contributed by atoms with Crippen molar-refractivity contribution >= 4 is 39.6 Å². The van der Waals surface area contributed by atoms with Gasteiger partial charge in [-0.05, 0) is 40.8 Å². The number of rotatable bonds is 12. The summed E-state index contributed by atoms with van der Waals surface area (Å²) < 4.78 is 1.74. The molecule has 2 fully saturated rings. The molecule has 1 aromatic heterocycles. The first kappa shape index (κ1) is 42.0. The largest absolute Gasteiger partial charge is 0.297 e. The number of piperazine rings is 2. The topological polar surface area (TPSA) is 115 Å². The van der Waals surface area contributed by atoms with Crippen LogP contribution in [0.1, 0.15) is 22.9 Å². The van der Waals surface area contributed by atoms with E-state index in [1.807, 2.05) is 85.1 Å². The summed E-state index contributed by atoms with van der Waals surface area (Å²) in [4.78, 5) is 55.6. The van der Waals surface area contributed by atoms with Gasteiger partial charge in [0.05, 0.1) is 35.1 Å². The molecule has 2 amide bonds. The van der Waals surface area contributed by atoms with Crippen molar-refractivity contribution in [3.8, 4) is 16.9 Å². The number of non-ortho nitro benzene ring substituents is 1. The summed E-state index contributed by atoms with van der Waals surface area (Å²) in [7, 11) is 0. The number of carbonyl (C=O) groups is 2. The molecule has 2 saturated heterocycles. The Hall–Kier alpha value is -7.03. The Morgan fingerprint density at radius 1 is 0.569 bits per heavy atom. The third-order valence-electron chi connectivity index (χ3n) is 12.9. The Balaban J connectivity index is 1.05. The van der Waals surface area contributed by atoms with E-state index in [0.29, 0.717) is 54.4 Å². The average molecular weight is 866 g/mol. The molecule has 10 rings (SSSR count). The lowest BCUT2D eigenvalue weighted by Gasteiger charge is -2.46. The fourth-order valence-electron chi connectivity index (χ4n) is 9.61. The minimum absolute atomic E-state index is 0.0832. The number of benzene rings is 6. The van der Waals surface area contributed by atoms with Gasteiger partial charge in [-0.1, -0.05) is 115 Å². The van der Waals surface area contributed by atoms with Gasteiger partial charge < -0.3 is 0 Å². The molecule has 0 bridgehead atoms. The molecule has 328 valence electrons. The summed E-state index contributed by atoms with van der Waals surface area (Å²) in [5.41, 5.74) is 6.12. The van der Waals surface area contributed by atoms with Gasteiger partial charge in [-0.25, -0.2) is 4.68 Å². The van der Waals surface area contributed by atoms with Crippen LogP contribution in [0.3, 0.4) is 0 Å². The fourth-order valence-corrected chi connectivity index (χ4v) is 9.61. The van der Waals surface area contributed by atoms with E-state index < -0.39 is 11.1 Å². The van der Waals surface area contributed by atoms with E-state index in [0.717, 1.165) is 55.7 Å². The highest BCUT2D eigenvalue weighted by Gasteiger charge is 2.44. The van der Waals surface area contributed by atoms with E-state index in [2.05, 4.69) is 68.1 Å². The van der Waals surface area contributed by atoms with Gasteiger partial charge in [0, 0.05) is 100 Å². The molecule has 4 heterocycles. The van der Waals surface area contributed by atoms with E-state index in [4.69, 9.17) is 5.10 Å². The molecule has 0 radical (unpaired) electrons. The van der Waals surface area contributed by atoms with Gasteiger partial charge in [0.15, 0.2) is 0 Å². The number of para-hydroxylation sites is 1. The predicted molar refractivity (Wildman–Crippen MR) is 254 cm³/mol. The van der Waals surface area contributed by atoms with Gasteiger partial charge >= 0.3 is 0 Å². The average Bonchev–Trinajstić information content (AvgIpc) is 3.79. The van der Waals surface area contributed by atoms with Crippen LogP contribution in [0.2, 0.25) is 0 Å². The first-order chi connectivity index (χ1) is 31.9. The third kappa shape index (κ3) is 8.91. The lowest BCUT2D eigenvalue weighted by molar-refractivity contribution is -0.384. The van der Waals surface area contributed by atoms with E-state index in [-0.39, 0.29) is 30.6 Å². The molecule has 3 aliphatic rings. The molecule has 13 nitrogen and oxygen atoms in total. The lowest BCUT2D eigenvalue weighted by atomic mass is 9.96. The highest BCUT2D eigenvalue weighted by Crippen LogP contribution is 2.49. The van der Waals surface area contributed by atoms with Gasteiger partial charge in [-0.2, -0.15) is 5.10 Å². The summed E-state index contributed by atoms with van der Waals surface area (Å²) in [6, 6.07) is 48.9. The molecule has 0 aliphatic carbocycles. The summed E-state index contributed by atoms with van der Waals surface area (Å²) in [6.45, 7) is 8.06. The van der Waals surface area contributed by atoms with Crippen LogP contribution in [-0.2, 0) is 22.7 Å². The zero-order valence-corrected chi connectivity index (χ0v) is 36.2. The number of anilines is 2. The van der Waals surface area contributed by atoms with E-state index >= 15 is 9.59 Å². The minimum atomic E-state index is -0.985. The maximum absolute atomic E-state index is 15.5. The number of amides is 2. The predicted octanol–water partition coefficient (Wildman–Crippen LogP) is 7.61. The Kier molecular flexibility index (Phi) is 12.0. The van der Waals surface area contributed by atoms with Gasteiger partial charge in [-0.15, -0.1) is 0 Å². The maximum Gasteiger partial charge on any atom is 0.270 e. The first-order valence-corrected chi connectivity index (χ1v) is 22.4. The third-order valence-corrected chi connectivity index (χ3v) is 12.9. The lowest BCUT2D eigenvalue weighted by Crippen LogP contribution is -2.56. The molecule has 6 aromatic carbocycles. The number of nitrogens with zero attached hydrogens (tertiary/aromatic N) is 9. The molecule has 0 unspecified atom stereocenters. The van der Waals surface area contributed by atoms with Gasteiger partial charge in [0.1, 0.15) is 11.9 Å². The molecule has 13 heteroatoms. The van der Waals surface area contributed by atoms with Crippen LogP contribution in [0.4, 0.5) is 17.1 Å². The highest BCUT2D eigenvalue weighted by molar-refractivity contribution is 6.17. The van der Waals surface area contributed by atoms with Gasteiger partial charge in [0.2, 0.25) is 11.8 Å². The number of hydrogen-bond donors (Lipinski definition) is 0. The molecule has 3 aliphatic heterocycles. The molecule has 0 N–H and O–H groups in total. The monoisotopic (exact) mass is 865 g/mol. The summed E-state index contributed by atoms with van der Waals surface area (Å²) in [5, 5.41) is 19.0. The van der Waals surface area contributed by atoms with Crippen molar-refractivity contribution in [3.63, 3.8) is 0 Å². The number of hydrogen-bond acceptors (Lipinski definition) is 9. The van der Waals surface area contributed by atoms with E-state index in [9.17, 15) is 10.1 Å². The molecular formula is C52H51N9O4. The van der Waals surface area contributed by atoms with Crippen molar-refractivity contribution in [1.82, 2.24) is 29.4 Å². The van der Waals surface area contributed by atoms with E-state index in [1.54, 1.807) is 26.6 Å². The minimum Gasteiger partial charge on any atom is -0.297 e. The Bertz CT molecular complexity index is 2690. The van der Waals surface area contributed by atoms with Crippen molar-refractivity contribution in [2.75, 3.05) is 75.2 Å². The number of nitro benzene ring substituents is 1. The summed E-state index contributed by atoms with van der Waals surface area (Å²) in [5.74, 6) is -0.309. The molecule has 65 heavy (non-hydrogen) atoms. The second-order valence-corrected chi connectivity index (χ2v) is 17.1. The van der Waals surface area contributed by atoms with Crippen LogP contribution in [0, 0.1) is 10.1 Å².